The van der Waals surface area contributed by atoms with Gasteiger partial charge in [-0.2, -0.15) is 23.0 Å². The van der Waals surface area contributed by atoms with Gasteiger partial charge in [-0.05, 0) is 48.7 Å². The number of benzene rings is 2. The molecule has 3 atom stereocenters. The van der Waals surface area contributed by atoms with Crippen molar-refractivity contribution in [1.82, 2.24) is 0 Å². The van der Waals surface area contributed by atoms with E-state index >= 15 is 0 Å². The van der Waals surface area contributed by atoms with Crippen LogP contribution in [0.3, 0.4) is 0 Å². The van der Waals surface area contributed by atoms with E-state index in [1.54, 1.807) is 18.2 Å². The number of halogens is 5. The maximum atomic E-state index is 13.7. The number of rotatable bonds is 4. The fourth-order valence-corrected chi connectivity index (χ4v) is 4.08. The van der Waals surface area contributed by atoms with Crippen molar-refractivity contribution < 1.29 is 17.7 Å². The van der Waals surface area contributed by atoms with Crippen LogP contribution < -0.4 is 0 Å². The van der Waals surface area contributed by atoms with E-state index in [0.29, 0.717) is 17.0 Å². The molecule has 1 aliphatic rings. The van der Waals surface area contributed by atoms with Gasteiger partial charge in [-0.25, -0.2) is 0 Å². The van der Waals surface area contributed by atoms with Crippen LogP contribution in [0.25, 0.3) is 6.08 Å². The van der Waals surface area contributed by atoms with Crippen molar-refractivity contribution in [3.05, 3.63) is 69.2 Å². The molecule has 2 aromatic rings. The van der Waals surface area contributed by atoms with E-state index in [9.17, 15) is 18.4 Å². The Morgan fingerprint density at radius 3 is 2.52 bits per heavy atom. The summed E-state index contributed by atoms with van der Waals surface area (Å²) >= 11 is 11.7. The molecule has 31 heavy (non-hydrogen) atoms. The third kappa shape index (κ3) is 5.31. The normalized spacial score (nSPS) is 20.4. The lowest BCUT2D eigenvalue weighted by atomic mass is 9.93. The molecule has 7 heteroatoms. The van der Waals surface area contributed by atoms with Gasteiger partial charge in [0.2, 0.25) is 5.69 Å². The van der Waals surface area contributed by atoms with Gasteiger partial charge in [-0.1, -0.05) is 48.3 Å². The van der Waals surface area contributed by atoms with Crippen molar-refractivity contribution in [1.29, 1.82) is 5.26 Å². The van der Waals surface area contributed by atoms with E-state index < -0.39 is 12.1 Å². The summed E-state index contributed by atoms with van der Waals surface area (Å²) in [6, 6.07) is 11.5. The van der Waals surface area contributed by atoms with Crippen LogP contribution in [0.4, 0.5) is 18.9 Å². The van der Waals surface area contributed by atoms with Gasteiger partial charge in [0.1, 0.15) is 17.8 Å². The molecule has 0 aromatic heterocycles. The third-order valence-corrected chi connectivity index (χ3v) is 6.50. The molecule has 0 saturated carbocycles. The van der Waals surface area contributed by atoms with Crippen LogP contribution in [0.2, 0.25) is 10.0 Å². The summed E-state index contributed by atoms with van der Waals surface area (Å²) in [5.74, 6) is -1.36. The van der Waals surface area contributed by atoms with Gasteiger partial charge in [0.05, 0.1) is 16.0 Å². The largest absolute Gasteiger partial charge is 0.399 e. The van der Waals surface area contributed by atoms with Gasteiger partial charge >= 0.3 is 6.18 Å². The molecule has 2 aromatic carbocycles. The number of alkyl halides is 3. The summed E-state index contributed by atoms with van der Waals surface area (Å²) in [5.41, 5.74) is 1.72. The highest BCUT2D eigenvalue weighted by atomic mass is 35.5. The second-order valence-electron chi connectivity index (χ2n) is 7.83. The Labute approximate surface area is 190 Å². The van der Waals surface area contributed by atoms with Crippen LogP contribution >= 0.6 is 23.2 Å². The highest BCUT2D eigenvalue weighted by Gasteiger charge is 2.39. The predicted octanol–water partition coefficient (Wildman–Crippen LogP) is 7.76. The van der Waals surface area contributed by atoms with Gasteiger partial charge in [0, 0.05) is 18.4 Å². The van der Waals surface area contributed by atoms with E-state index in [1.807, 2.05) is 0 Å². The number of hydrogen-bond donors (Lipinski definition) is 0. The minimum absolute atomic E-state index is 0.000931. The van der Waals surface area contributed by atoms with E-state index in [2.05, 4.69) is 30.7 Å². The summed E-state index contributed by atoms with van der Waals surface area (Å²) in [7, 11) is 0. The first-order valence-electron chi connectivity index (χ1n) is 9.97. The van der Waals surface area contributed by atoms with E-state index in [0.717, 1.165) is 24.6 Å². The molecule has 0 bridgehead atoms. The van der Waals surface area contributed by atoms with Crippen molar-refractivity contribution >= 4 is 41.2 Å². The van der Waals surface area contributed by atoms with Crippen molar-refractivity contribution in [3.8, 4) is 6.07 Å². The molecule has 0 amide bonds. The Kier molecular flexibility index (Phi) is 7.13. The van der Waals surface area contributed by atoms with Gasteiger partial charge < -0.3 is 0 Å². The van der Waals surface area contributed by atoms with E-state index in [4.69, 9.17) is 23.2 Å². The monoisotopic (exact) mass is 465 g/mol. The van der Waals surface area contributed by atoms with Crippen LogP contribution in [0.15, 0.2) is 42.5 Å². The lowest BCUT2D eigenvalue weighted by Crippen LogP contribution is -2.31. The lowest BCUT2D eigenvalue weighted by molar-refractivity contribution is -0.492. The highest BCUT2D eigenvalue weighted by Crippen LogP contribution is 2.38. The molecular formula is C24H22Cl2F3N2+. The minimum Gasteiger partial charge on any atom is -0.199 e. The topological polar surface area (TPSA) is 26.8 Å². The molecule has 2 nitrogen and oxygen atoms in total. The van der Waals surface area contributed by atoms with Gasteiger partial charge in [-0.3, -0.25) is 0 Å². The predicted molar refractivity (Wildman–Crippen MR) is 119 cm³/mol. The Hall–Kier alpha value is -2.29. The zero-order valence-corrected chi connectivity index (χ0v) is 18.6. The quantitative estimate of drug-likeness (QED) is 0.423. The smallest absolute Gasteiger partial charge is 0.199 e. The number of nitrogens with zero attached hydrogens (tertiary/aromatic N) is 2. The summed E-state index contributed by atoms with van der Waals surface area (Å²) in [4.78, 5) is 0. The SMILES string of the molecule is CC1CCC=[N+](c2ccc(C=CC(c3ccc(Cl)c(Cl)c3)C(F)(F)F)cc2C#N)C1C. The molecule has 0 saturated heterocycles. The summed E-state index contributed by atoms with van der Waals surface area (Å²) in [6.45, 7) is 4.29. The summed E-state index contributed by atoms with van der Waals surface area (Å²) in [5, 5.41) is 9.91. The summed E-state index contributed by atoms with van der Waals surface area (Å²) < 4.78 is 43.1. The van der Waals surface area contributed by atoms with Crippen LogP contribution in [0.5, 0.6) is 0 Å². The van der Waals surface area contributed by atoms with Crippen LogP contribution in [-0.2, 0) is 0 Å². The molecule has 3 rings (SSSR count). The van der Waals surface area contributed by atoms with E-state index in [-0.39, 0.29) is 21.7 Å². The molecule has 3 unspecified atom stereocenters. The molecule has 0 N–H and O–H groups in total. The lowest BCUT2D eigenvalue weighted by Gasteiger charge is -2.22. The first kappa shape index (κ1) is 23.4. The second-order valence-corrected chi connectivity index (χ2v) is 8.64. The van der Waals surface area contributed by atoms with Crippen molar-refractivity contribution in [3.63, 3.8) is 0 Å². The molecule has 0 radical (unpaired) electrons. The van der Waals surface area contributed by atoms with Gasteiger partial charge in [0.15, 0.2) is 6.04 Å². The summed E-state index contributed by atoms with van der Waals surface area (Å²) in [6.07, 6.45) is 2.06. The first-order valence-corrected chi connectivity index (χ1v) is 10.7. The zero-order chi connectivity index (χ0) is 22.8. The first-order chi connectivity index (χ1) is 14.6. The standard InChI is InChI=1S/C24H22Cl2F3N2/c1-15-4-3-11-31(16(15)2)23-10-6-17(12-19(23)14-30)5-8-20(24(27,28)29)18-7-9-21(25)22(26)13-18/h5-13,15-16,20H,3-4H2,1-2H3/q+1. The maximum absolute atomic E-state index is 13.7. The average Bonchev–Trinajstić information content (AvgIpc) is 2.72. The minimum atomic E-state index is -4.50. The zero-order valence-electron chi connectivity index (χ0n) is 17.1. The number of hydrogen-bond acceptors (Lipinski definition) is 1. The molecule has 0 aliphatic carbocycles. The Morgan fingerprint density at radius 2 is 1.87 bits per heavy atom. The van der Waals surface area contributed by atoms with Crippen molar-refractivity contribution in [2.75, 3.05) is 0 Å². The van der Waals surface area contributed by atoms with E-state index in [1.165, 1.54) is 24.3 Å². The van der Waals surface area contributed by atoms with Gasteiger partial charge in [-0.15, -0.1) is 0 Å². The average molecular weight is 466 g/mol. The maximum Gasteiger partial charge on any atom is 0.399 e. The Bertz CT molecular complexity index is 1070. The molecule has 162 valence electrons. The molecule has 1 aliphatic heterocycles. The van der Waals surface area contributed by atoms with Crippen LogP contribution in [0.1, 0.15) is 49.3 Å². The van der Waals surface area contributed by atoms with Crippen molar-refractivity contribution in [2.45, 2.75) is 44.8 Å². The Balaban J connectivity index is 1.94. The Morgan fingerprint density at radius 1 is 1.13 bits per heavy atom. The third-order valence-electron chi connectivity index (χ3n) is 5.77. The fourth-order valence-electron chi connectivity index (χ4n) is 3.77. The highest BCUT2D eigenvalue weighted by molar-refractivity contribution is 6.42. The molecule has 0 spiro atoms. The molecular weight excluding hydrogens is 444 g/mol. The number of allylic oxidation sites excluding steroid dienone is 1. The molecule has 0 fully saturated rings. The molecule has 1 heterocycles. The number of nitriles is 1. The fraction of sp³-hybridized carbons (Fsp3) is 0.333. The second kappa shape index (κ2) is 9.46. The van der Waals surface area contributed by atoms with Crippen LogP contribution in [0, 0.1) is 17.2 Å². The van der Waals surface area contributed by atoms with Crippen LogP contribution in [-0.4, -0.2) is 23.0 Å². The van der Waals surface area contributed by atoms with Gasteiger partial charge in [0.25, 0.3) is 0 Å². The van der Waals surface area contributed by atoms with Crippen molar-refractivity contribution in [2.24, 2.45) is 5.92 Å².